The third kappa shape index (κ3) is 5.71. The van der Waals surface area contributed by atoms with Crippen LogP contribution in [0.1, 0.15) is 79.1 Å². The average Bonchev–Trinajstić information content (AvgIpc) is 2.59. The fourth-order valence-electron chi connectivity index (χ4n) is 4.40. The van der Waals surface area contributed by atoms with Gasteiger partial charge in [0.2, 0.25) is 5.91 Å². The lowest BCUT2D eigenvalue weighted by Crippen LogP contribution is -2.55. The molecule has 2 rings (SSSR count). The third-order valence-corrected chi connectivity index (χ3v) is 6.42. The van der Waals surface area contributed by atoms with Crippen molar-refractivity contribution < 1.29 is 4.79 Å². The summed E-state index contributed by atoms with van der Waals surface area (Å²) in [6, 6.07) is 2.42. The Morgan fingerprint density at radius 3 is 2.36 bits per heavy atom. The summed E-state index contributed by atoms with van der Waals surface area (Å²) in [6.45, 7) is 11.8. The molecule has 1 aliphatic carbocycles. The molecule has 1 unspecified atom stereocenters. The minimum absolute atomic E-state index is 0.00473. The molecule has 142 valence electrons. The van der Waals surface area contributed by atoms with Crippen LogP contribution in [0.25, 0.3) is 0 Å². The van der Waals surface area contributed by atoms with Crippen molar-refractivity contribution >= 4 is 5.91 Å². The second-order valence-corrected chi connectivity index (χ2v) is 9.27. The monoisotopic (exact) mass is 347 g/mol. The fourth-order valence-corrected chi connectivity index (χ4v) is 4.40. The largest absolute Gasteiger partial charge is 0.338 e. The van der Waals surface area contributed by atoms with E-state index in [2.05, 4.69) is 37.1 Å². The zero-order valence-electron chi connectivity index (χ0n) is 16.7. The molecule has 1 atom stereocenters. The number of likely N-dealkylation sites (tertiary alicyclic amines) is 1. The summed E-state index contributed by atoms with van der Waals surface area (Å²) in [6.07, 6.45) is 8.61. The van der Waals surface area contributed by atoms with E-state index in [9.17, 15) is 10.1 Å². The molecule has 0 bridgehead atoms. The molecular weight excluding hydrogens is 310 g/mol. The molecule has 2 aliphatic rings. The van der Waals surface area contributed by atoms with Crippen molar-refractivity contribution in [3.8, 4) is 6.07 Å². The number of hydrogen-bond acceptors (Lipinski definition) is 3. The Morgan fingerprint density at radius 1 is 1.24 bits per heavy atom. The number of carbonyl (C=O) groups is 1. The zero-order valence-corrected chi connectivity index (χ0v) is 16.7. The Morgan fingerprint density at radius 2 is 1.84 bits per heavy atom. The SMILES string of the molecule is CCCN1CCC(C#N)(NC(=O)C(C)CC2CCC(C)(C)CC2)CC1. The summed E-state index contributed by atoms with van der Waals surface area (Å²) < 4.78 is 0. The molecule has 0 aromatic carbocycles. The first kappa shape index (κ1) is 20.2. The molecule has 0 spiro atoms. The zero-order chi connectivity index (χ0) is 18.5. The molecule has 1 saturated carbocycles. The van der Waals surface area contributed by atoms with Gasteiger partial charge in [0.25, 0.3) is 0 Å². The molecule has 0 aromatic rings. The van der Waals surface area contributed by atoms with E-state index in [1.165, 1.54) is 25.7 Å². The Kier molecular flexibility index (Phi) is 6.91. The van der Waals surface area contributed by atoms with Crippen molar-refractivity contribution in [2.75, 3.05) is 19.6 Å². The van der Waals surface area contributed by atoms with E-state index in [0.717, 1.165) is 45.3 Å². The maximum absolute atomic E-state index is 12.7. The number of rotatable bonds is 6. The van der Waals surface area contributed by atoms with Crippen LogP contribution >= 0.6 is 0 Å². The van der Waals surface area contributed by atoms with E-state index >= 15 is 0 Å². The number of nitriles is 1. The molecule has 0 radical (unpaired) electrons. The van der Waals surface area contributed by atoms with Gasteiger partial charge in [0.1, 0.15) is 5.54 Å². The van der Waals surface area contributed by atoms with Crippen LogP contribution in [-0.2, 0) is 4.79 Å². The predicted octanol–water partition coefficient (Wildman–Crippen LogP) is 4.11. The lowest BCUT2D eigenvalue weighted by molar-refractivity contribution is -0.127. The second-order valence-electron chi connectivity index (χ2n) is 9.27. The standard InChI is InChI=1S/C21H37N3O/c1-5-12-24-13-10-21(16-22,11-14-24)23-19(25)17(2)15-18-6-8-20(3,4)9-7-18/h17-18H,5-15H2,1-4H3,(H,23,25). The lowest BCUT2D eigenvalue weighted by atomic mass is 9.71. The summed E-state index contributed by atoms with van der Waals surface area (Å²) in [5.74, 6) is 0.749. The van der Waals surface area contributed by atoms with Crippen LogP contribution < -0.4 is 5.32 Å². The Hall–Kier alpha value is -1.08. The van der Waals surface area contributed by atoms with Gasteiger partial charge in [-0.2, -0.15) is 5.26 Å². The maximum atomic E-state index is 12.7. The van der Waals surface area contributed by atoms with E-state index in [-0.39, 0.29) is 11.8 Å². The summed E-state index contributed by atoms with van der Waals surface area (Å²) in [7, 11) is 0. The topological polar surface area (TPSA) is 56.1 Å². The van der Waals surface area contributed by atoms with E-state index in [1.54, 1.807) is 0 Å². The van der Waals surface area contributed by atoms with Gasteiger partial charge in [0, 0.05) is 19.0 Å². The van der Waals surface area contributed by atoms with E-state index in [0.29, 0.717) is 11.3 Å². The molecule has 2 fully saturated rings. The maximum Gasteiger partial charge on any atom is 0.224 e. The van der Waals surface area contributed by atoms with Crippen molar-refractivity contribution in [3.05, 3.63) is 0 Å². The van der Waals surface area contributed by atoms with Crippen LogP contribution in [-0.4, -0.2) is 36.0 Å². The Labute approximate surface area is 154 Å². The van der Waals surface area contributed by atoms with Gasteiger partial charge in [-0.15, -0.1) is 0 Å². The van der Waals surface area contributed by atoms with Crippen LogP contribution in [0, 0.1) is 28.6 Å². The Bertz CT molecular complexity index is 476. The van der Waals surface area contributed by atoms with Crippen molar-refractivity contribution in [2.45, 2.75) is 84.6 Å². The number of amides is 1. The van der Waals surface area contributed by atoms with Crippen LogP contribution in [0.2, 0.25) is 0 Å². The van der Waals surface area contributed by atoms with Gasteiger partial charge in [0.05, 0.1) is 6.07 Å². The highest BCUT2D eigenvalue weighted by molar-refractivity contribution is 5.79. The second kappa shape index (κ2) is 8.54. The van der Waals surface area contributed by atoms with Gasteiger partial charge < -0.3 is 10.2 Å². The number of piperidine rings is 1. The van der Waals surface area contributed by atoms with Gasteiger partial charge in [-0.05, 0) is 69.2 Å². The van der Waals surface area contributed by atoms with Crippen LogP contribution in [0.4, 0.5) is 0 Å². The quantitative estimate of drug-likeness (QED) is 0.786. The number of nitrogens with one attached hydrogen (secondary N) is 1. The highest BCUT2D eigenvalue weighted by Crippen LogP contribution is 2.40. The smallest absolute Gasteiger partial charge is 0.224 e. The average molecular weight is 348 g/mol. The molecular formula is C21H37N3O. The molecule has 1 aliphatic heterocycles. The summed E-state index contributed by atoms with van der Waals surface area (Å²) in [4.78, 5) is 15.1. The summed E-state index contributed by atoms with van der Waals surface area (Å²) >= 11 is 0. The molecule has 25 heavy (non-hydrogen) atoms. The van der Waals surface area contributed by atoms with Gasteiger partial charge in [-0.25, -0.2) is 0 Å². The molecule has 1 heterocycles. The van der Waals surface area contributed by atoms with Crippen molar-refractivity contribution in [3.63, 3.8) is 0 Å². The first-order valence-corrected chi connectivity index (χ1v) is 10.2. The predicted molar refractivity (Wildman–Crippen MR) is 102 cm³/mol. The summed E-state index contributed by atoms with van der Waals surface area (Å²) in [5, 5.41) is 12.8. The first-order chi connectivity index (χ1) is 11.8. The van der Waals surface area contributed by atoms with Gasteiger partial charge in [-0.3, -0.25) is 4.79 Å². The molecule has 1 N–H and O–H groups in total. The fraction of sp³-hybridized carbons (Fsp3) is 0.905. The number of nitrogens with zero attached hydrogens (tertiary/aromatic N) is 2. The highest BCUT2D eigenvalue weighted by Gasteiger charge is 2.37. The van der Waals surface area contributed by atoms with Crippen LogP contribution in [0.15, 0.2) is 0 Å². The molecule has 4 heteroatoms. The lowest BCUT2D eigenvalue weighted by Gasteiger charge is -2.39. The van der Waals surface area contributed by atoms with Crippen molar-refractivity contribution in [2.24, 2.45) is 17.3 Å². The van der Waals surface area contributed by atoms with E-state index < -0.39 is 5.54 Å². The summed E-state index contributed by atoms with van der Waals surface area (Å²) in [5.41, 5.74) is -0.177. The van der Waals surface area contributed by atoms with E-state index in [4.69, 9.17) is 0 Å². The Balaban J connectivity index is 1.82. The van der Waals surface area contributed by atoms with Gasteiger partial charge in [-0.1, -0.05) is 27.7 Å². The molecule has 0 aromatic heterocycles. The van der Waals surface area contributed by atoms with Crippen LogP contribution in [0.3, 0.4) is 0 Å². The number of hydrogen-bond donors (Lipinski definition) is 1. The molecule has 1 saturated heterocycles. The molecule has 1 amide bonds. The normalized spacial score (nSPS) is 25.1. The van der Waals surface area contributed by atoms with E-state index in [1.807, 2.05) is 6.92 Å². The minimum Gasteiger partial charge on any atom is -0.338 e. The van der Waals surface area contributed by atoms with Gasteiger partial charge >= 0.3 is 0 Å². The van der Waals surface area contributed by atoms with Crippen molar-refractivity contribution in [1.82, 2.24) is 10.2 Å². The third-order valence-electron chi connectivity index (χ3n) is 6.42. The minimum atomic E-state index is -0.649. The number of carbonyl (C=O) groups excluding carboxylic acids is 1. The van der Waals surface area contributed by atoms with Crippen molar-refractivity contribution in [1.29, 1.82) is 5.26 Å². The van der Waals surface area contributed by atoms with Crippen LogP contribution in [0.5, 0.6) is 0 Å². The highest BCUT2D eigenvalue weighted by atomic mass is 16.2. The first-order valence-electron chi connectivity index (χ1n) is 10.2. The van der Waals surface area contributed by atoms with Gasteiger partial charge in [0.15, 0.2) is 0 Å². The molecule has 4 nitrogen and oxygen atoms in total.